The maximum atomic E-state index is 8.74. The minimum Gasteiger partial charge on any atom is -1.00 e. The Kier molecular flexibility index (Phi) is 18.2. The molecule has 0 aromatic carbocycles. The molecular weight excluding hydrogens is 191 g/mol. The molecule has 0 spiro atoms. The van der Waals surface area contributed by atoms with Gasteiger partial charge >= 0.3 is 61.8 Å². The standard InChI is InChI=1S/C2H6O2.K.H2O4S.H/c3-1-2-4;;1-5(2,3)4;/h3-4H,1-2H2;;(H2,1,2,3,4);/q;+1;;-1. The summed E-state index contributed by atoms with van der Waals surface area (Å²) in [7, 11) is -4.67. The summed E-state index contributed by atoms with van der Waals surface area (Å²) in [6.45, 7) is -0.250. The second-order valence-corrected chi connectivity index (χ2v) is 1.79. The molecule has 8 heteroatoms. The molecule has 60 valence electrons. The van der Waals surface area contributed by atoms with Crippen molar-refractivity contribution < 1.29 is 80.5 Å². The molecule has 10 heavy (non-hydrogen) atoms. The summed E-state index contributed by atoms with van der Waals surface area (Å²) in [4.78, 5) is 0. The Morgan fingerprint density at radius 1 is 1.10 bits per heavy atom. The van der Waals surface area contributed by atoms with Crippen LogP contribution in [0.15, 0.2) is 0 Å². The molecule has 0 saturated carbocycles. The van der Waals surface area contributed by atoms with Crippen LogP contribution in [0.25, 0.3) is 0 Å². The van der Waals surface area contributed by atoms with Gasteiger partial charge in [0, 0.05) is 0 Å². The Morgan fingerprint density at radius 3 is 1.20 bits per heavy atom. The van der Waals surface area contributed by atoms with Gasteiger partial charge in [0.15, 0.2) is 0 Å². The van der Waals surface area contributed by atoms with Crippen LogP contribution in [0.1, 0.15) is 1.43 Å². The first-order valence-electron chi connectivity index (χ1n) is 1.83. The fraction of sp³-hybridized carbons (Fsp3) is 1.00. The van der Waals surface area contributed by atoms with Gasteiger partial charge in [0.2, 0.25) is 0 Å². The van der Waals surface area contributed by atoms with E-state index in [1.165, 1.54) is 0 Å². The van der Waals surface area contributed by atoms with E-state index in [1.54, 1.807) is 0 Å². The molecule has 0 heterocycles. The first-order chi connectivity index (χ1) is 3.91. The van der Waals surface area contributed by atoms with Gasteiger partial charge < -0.3 is 11.6 Å². The maximum absolute atomic E-state index is 8.74. The molecule has 0 radical (unpaired) electrons. The van der Waals surface area contributed by atoms with Crippen molar-refractivity contribution in [2.75, 3.05) is 13.2 Å². The van der Waals surface area contributed by atoms with Crippen LogP contribution in [-0.2, 0) is 10.4 Å². The number of hydrogen-bond donors (Lipinski definition) is 4. The molecule has 0 bridgehead atoms. The molecule has 0 aromatic rings. The average molecular weight is 200 g/mol. The smallest absolute Gasteiger partial charge is 1.00 e. The summed E-state index contributed by atoms with van der Waals surface area (Å²) in [5.41, 5.74) is 0. The third kappa shape index (κ3) is 114. The van der Waals surface area contributed by atoms with E-state index in [0.717, 1.165) is 0 Å². The summed E-state index contributed by atoms with van der Waals surface area (Å²) in [6, 6.07) is 0. The van der Waals surface area contributed by atoms with E-state index in [0.29, 0.717) is 0 Å². The predicted molar refractivity (Wildman–Crippen MR) is 29.5 cm³/mol. The predicted octanol–water partition coefficient (Wildman–Crippen LogP) is -4.57. The van der Waals surface area contributed by atoms with Gasteiger partial charge in [0.05, 0.1) is 13.2 Å². The SMILES string of the molecule is O=S(=O)(O)O.OCCO.[H-].[K+]. The van der Waals surface area contributed by atoms with Crippen molar-refractivity contribution in [1.82, 2.24) is 0 Å². The molecule has 0 aromatic heterocycles. The van der Waals surface area contributed by atoms with Gasteiger partial charge in [0.25, 0.3) is 0 Å². The van der Waals surface area contributed by atoms with Crippen LogP contribution < -0.4 is 51.4 Å². The first kappa shape index (κ1) is 17.5. The van der Waals surface area contributed by atoms with E-state index < -0.39 is 10.4 Å². The second-order valence-electron chi connectivity index (χ2n) is 0.895. The zero-order valence-corrected chi connectivity index (χ0v) is 9.37. The van der Waals surface area contributed by atoms with Crippen molar-refractivity contribution >= 4 is 10.4 Å². The van der Waals surface area contributed by atoms with Crippen LogP contribution in [0.3, 0.4) is 0 Å². The van der Waals surface area contributed by atoms with Gasteiger partial charge in [-0.15, -0.1) is 0 Å². The number of aliphatic hydroxyl groups excluding tert-OH is 2. The fourth-order valence-corrected chi connectivity index (χ4v) is 0. The summed E-state index contributed by atoms with van der Waals surface area (Å²) in [5.74, 6) is 0. The Morgan fingerprint density at radius 2 is 1.20 bits per heavy atom. The minimum atomic E-state index is -4.67. The van der Waals surface area contributed by atoms with E-state index in [2.05, 4.69) is 0 Å². The van der Waals surface area contributed by atoms with Crippen LogP contribution in [-0.4, -0.2) is 41.0 Å². The van der Waals surface area contributed by atoms with Crippen LogP contribution >= 0.6 is 0 Å². The van der Waals surface area contributed by atoms with Gasteiger partial charge in [-0.3, -0.25) is 9.11 Å². The van der Waals surface area contributed by atoms with Crippen LogP contribution in [0.5, 0.6) is 0 Å². The Balaban J connectivity index is -0.0000000383. The molecule has 0 aliphatic carbocycles. The van der Waals surface area contributed by atoms with E-state index in [1.807, 2.05) is 0 Å². The number of hydrogen-bond acceptors (Lipinski definition) is 4. The Labute approximate surface area is 103 Å². The second kappa shape index (κ2) is 10.4. The van der Waals surface area contributed by atoms with Crippen LogP contribution in [0, 0.1) is 0 Å². The minimum absolute atomic E-state index is 0. The van der Waals surface area contributed by atoms with E-state index in [9.17, 15) is 0 Å². The largest absolute Gasteiger partial charge is 1.00 e. The molecule has 0 saturated heterocycles. The van der Waals surface area contributed by atoms with E-state index >= 15 is 0 Å². The zero-order chi connectivity index (χ0) is 7.91. The summed E-state index contributed by atoms with van der Waals surface area (Å²) >= 11 is 0. The zero-order valence-electron chi connectivity index (χ0n) is 6.43. The molecular formula is C2H9KO6S. The van der Waals surface area contributed by atoms with Gasteiger partial charge in [0.1, 0.15) is 0 Å². The van der Waals surface area contributed by atoms with Crippen molar-refractivity contribution in [2.24, 2.45) is 0 Å². The molecule has 6 nitrogen and oxygen atoms in total. The van der Waals surface area contributed by atoms with Crippen molar-refractivity contribution in [3.8, 4) is 0 Å². The maximum Gasteiger partial charge on any atom is 1.00 e. The van der Waals surface area contributed by atoms with Crippen molar-refractivity contribution in [1.29, 1.82) is 0 Å². The Bertz CT molecular complexity index is 124. The fourth-order valence-electron chi connectivity index (χ4n) is 0. The van der Waals surface area contributed by atoms with E-state index in [4.69, 9.17) is 27.7 Å². The van der Waals surface area contributed by atoms with Crippen molar-refractivity contribution in [3.63, 3.8) is 0 Å². The Hall–Kier alpha value is 1.43. The monoisotopic (exact) mass is 200 g/mol. The number of rotatable bonds is 1. The summed E-state index contributed by atoms with van der Waals surface area (Å²) in [6.07, 6.45) is 0. The molecule has 0 amide bonds. The normalized spacial score (nSPS) is 8.80. The van der Waals surface area contributed by atoms with Crippen LogP contribution in [0.4, 0.5) is 0 Å². The van der Waals surface area contributed by atoms with Gasteiger partial charge in [-0.05, 0) is 0 Å². The molecule has 0 rings (SSSR count). The van der Waals surface area contributed by atoms with Gasteiger partial charge in [-0.1, -0.05) is 0 Å². The number of aliphatic hydroxyl groups is 2. The molecule has 0 unspecified atom stereocenters. The quantitative estimate of drug-likeness (QED) is 0.250. The molecule has 4 N–H and O–H groups in total. The van der Waals surface area contributed by atoms with Crippen LogP contribution in [0.2, 0.25) is 0 Å². The molecule has 0 atom stereocenters. The van der Waals surface area contributed by atoms with Crippen molar-refractivity contribution in [3.05, 3.63) is 0 Å². The van der Waals surface area contributed by atoms with Crippen molar-refractivity contribution in [2.45, 2.75) is 0 Å². The molecule has 0 fully saturated rings. The first-order valence-corrected chi connectivity index (χ1v) is 3.23. The molecule has 0 aliphatic heterocycles. The third-order valence-corrected chi connectivity index (χ3v) is 0.1000. The average Bonchev–Trinajstić information content (AvgIpc) is 1.61. The summed E-state index contributed by atoms with van der Waals surface area (Å²) < 4.78 is 31.6. The van der Waals surface area contributed by atoms with Gasteiger partial charge in [-0.25, -0.2) is 0 Å². The topological polar surface area (TPSA) is 115 Å². The van der Waals surface area contributed by atoms with Gasteiger partial charge in [-0.2, -0.15) is 8.42 Å². The third-order valence-electron chi connectivity index (χ3n) is 0.1000. The van der Waals surface area contributed by atoms with E-state index in [-0.39, 0.29) is 66.0 Å². The summed E-state index contributed by atoms with van der Waals surface area (Å²) in [5, 5.41) is 15.2. The molecule has 0 aliphatic rings.